The highest BCUT2D eigenvalue weighted by Crippen LogP contribution is 2.12. The van der Waals surface area contributed by atoms with Gasteiger partial charge in [-0.25, -0.2) is 4.98 Å². The molecule has 0 aliphatic carbocycles. The molecule has 0 spiro atoms. The van der Waals surface area contributed by atoms with Crippen molar-refractivity contribution >= 4 is 5.57 Å². The van der Waals surface area contributed by atoms with E-state index >= 15 is 0 Å². The Labute approximate surface area is 92.2 Å². The highest BCUT2D eigenvalue weighted by molar-refractivity contribution is 5.57. The van der Waals surface area contributed by atoms with E-state index in [0.717, 1.165) is 31.8 Å². The molecule has 1 aromatic rings. The van der Waals surface area contributed by atoms with Crippen LogP contribution < -0.4 is 5.32 Å². The van der Waals surface area contributed by atoms with E-state index < -0.39 is 0 Å². The summed E-state index contributed by atoms with van der Waals surface area (Å²) >= 11 is 0. The number of hydrogen-bond donors (Lipinski definition) is 1. The lowest BCUT2D eigenvalue weighted by Gasteiger charge is -2.06. The number of allylic oxidation sites excluding steroid dienone is 1. The molecule has 1 heterocycles. The molecule has 0 aliphatic rings. The largest absolute Gasteiger partial charge is 0.331 e. The van der Waals surface area contributed by atoms with Crippen molar-refractivity contribution in [2.45, 2.75) is 33.2 Å². The lowest BCUT2D eigenvalue weighted by atomic mass is 10.2. The van der Waals surface area contributed by atoms with E-state index in [1.807, 2.05) is 19.4 Å². The third-order valence-corrected chi connectivity index (χ3v) is 2.38. The smallest absolute Gasteiger partial charge is 0.135 e. The maximum Gasteiger partial charge on any atom is 0.135 e. The third-order valence-electron chi connectivity index (χ3n) is 2.38. The molecule has 0 saturated carbocycles. The molecule has 0 aliphatic heterocycles. The van der Waals surface area contributed by atoms with Gasteiger partial charge < -0.3 is 9.88 Å². The van der Waals surface area contributed by atoms with E-state index in [0.29, 0.717) is 0 Å². The Hall–Kier alpha value is -1.09. The van der Waals surface area contributed by atoms with Crippen molar-refractivity contribution < 1.29 is 0 Å². The average molecular weight is 207 g/mol. The molecule has 1 rings (SSSR count). The van der Waals surface area contributed by atoms with E-state index in [1.54, 1.807) is 0 Å². The van der Waals surface area contributed by atoms with Crippen LogP contribution in [0.3, 0.4) is 0 Å². The van der Waals surface area contributed by atoms with Crippen molar-refractivity contribution in [1.82, 2.24) is 14.9 Å². The number of aromatic nitrogens is 2. The average Bonchev–Trinajstić information content (AvgIpc) is 2.67. The Morgan fingerprint density at radius 3 is 3.07 bits per heavy atom. The fourth-order valence-corrected chi connectivity index (χ4v) is 1.60. The molecule has 0 aromatic carbocycles. The first-order valence-corrected chi connectivity index (χ1v) is 5.62. The maximum atomic E-state index is 4.39. The fraction of sp³-hybridized carbons (Fsp3) is 0.583. The summed E-state index contributed by atoms with van der Waals surface area (Å²) in [4.78, 5) is 4.39. The van der Waals surface area contributed by atoms with Crippen molar-refractivity contribution in [2.75, 3.05) is 13.6 Å². The minimum atomic E-state index is 1.02. The highest BCUT2D eigenvalue weighted by Gasteiger charge is 2.02. The Kier molecular flexibility index (Phi) is 5.12. The van der Waals surface area contributed by atoms with E-state index in [4.69, 9.17) is 0 Å². The van der Waals surface area contributed by atoms with Crippen LogP contribution in [0.5, 0.6) is 0 Å². The molecule has 0 saturated heterocycles. The van der Waals surface area contributed by atoms with Gasteiger partial charge in [0.1, 0.15) is 5.82 Å². The molecule has 1 N–H and O–H groups in total. The van der Waals surface area contributed by atoms with Gasteiger partial charge in [0.05, 0.1) is 0 Å². The topological polar surface area (TPSA) is 29.9 Å². The predicted octanol–water partition coefficient (Wildman–Crippen LogP) is 2.31. The second kappa shape index (κ2) is 6.40. The first-order valence-electron chi connectivity index (χ1n) is 5.62. The maximum absolute atomic E-state index is 4.39. The molecule has 0 fully saturated rings. The quantitative estimate of drug-likeness (QED) is 0.725. The van der Waals surface area contributed by atoms with Gasteiger partial charge in [0.15, 0.2) is 0 Å². The summed E-state index contributed by atoms with van der Waals surface area (Å²) in [5.74, 6) is 1.10. The van der Waals surface area contributed by atoms with E-state index in [-0.39, 0.29) is 0 Å². The summed E-state index contributed by atoms with van der Waals surface area (Å²) in [5, 5.41) is 3.14. The second-order valence-corrected chi connectivity index (χ2v) is 3.72. The first-order chi connectivity index (χ1) is 7.29. The molecule has 15 heavy (non-hydrogen) atoms. The Balaban J connectivity index is 2.67. The summed E-state index contributed by atoms with van der Waals surface area (Å²) in [6.45, 7) is 6.38. The Bertz CT molecular complexity index is 312. The Morgan fingerprint density at radius 2 is 2.40 bits per heavy atom. The standard InChI is InChI=1S/C12H21N3/c1-4-9-15-10-8-14-12(15)11(2)6-5-7-13-3/h6,8,10,13H,4-5,7,9H2,1-3H3. The Morgan fingerprint density at radius 1 is 1.60 bits per heavy atom. The molecule has 1 aromatic heterocycles. The lowest BCUT2D eigenvalue weighted by Crippen LogP contribution is -2.06. The van der Waals surface area contributed by atoms with Crippen molar-refractivity contribution in [3.8, 4) is 0 Å². The fourth-order valence-electron chi connectivity index (χ4n) is 1.60. The van der Waals surface area contributed by atoms with Crippen LogP contribution in [-0.2, 0) is 6.54 Å². The van der Waals surface area contributed by atoms with Gasteiger partial charge in [0, 0.05) is 18.9 Å². The van der Waals surface area contributed by atoms with Crippen LogP contribution in [-0.4, -0.2) is 23.1 Å². The molecule has 0 unspecified atom stereocenters. The SMILES string of the molecule is CCCn1ccnc1C(C)=CCCNC. The van der Waals surface area contributed by atoms with Gasteiger partial charge in [0.2, 0.25) is 0 Å². The minimum absolute atomic E-state index is 1.02. The summed E-state index contributed by atoms with van der Waals surface area (Å²) in [7, 11) is 1.97. The van der Waals surface area contributed by atoms with Gasteiger partial charge in [-0.2, -0.15) is 0 Å². The van der Waals surface area contributed by atoms with Crippen molar-refractivity contribution in [1.29, 1.82) is 0 Å². The number of nitrogens with one attached hydrogen (secondary N) is 1. The predicted molar refractivity (Wildman–Crippen MR) is 64.7 cm³/mol. The van der Waals surface area contributed by atoms with Crippen molar-refractivity contribution in [3.63, 3.8) is 0 Å². The number of aryl methyl sites for hydroxylation is 1. The van der Waals surface area contributed by atoms with E-state index in [2.05, 4.69) is 34.8 Å². The number of nitrogens with zero attached hydrogens (tertiary/aromatic N) is 2. The molecule has 3 heteroatoms. The zero-order valence-electron chi connectivity index (χ0n) is 9.95. The molecule has 0 atom stereocenters. The van der Waals surface area contributed by atoms with Crippen LogP contribution in [0, 0.1) is 0 Å². The van der Waals surface area contributed by atoms with Crippen molar-refractivity contribution in [2.24, 2.45) is 0 Å². The minimum Gasteiger partial charge on any atom is -0.331 e. The van der Waals surface area contributed by atoms with Crippen LogP contribution in [0.1, 0.15) is 32.5 Å². The first kappa shape index (κ1) is 12.0. The number of rotatable bonds is 6. The van der Waals surface area contributed by atoms with Crippen LogP contribution in [0.2, 0.25) is 0 Å². The summed E-state index contributed by atoms with van der Waals surface area (Å²) in [6.07, 6.45) is 8.37. The van der Waals surface area contributed by atoms with Gasteiger partial charge in [-0.15, -0.1) is 0 Å². The summed E-state index contributed by atoms with van der Waals surface area (Å²) in [5.41, 5.74) is 1.27. The zero-order chi connectivity index (χ0) is 11.1. The van der Waals surface area contributed by atoms with Crippen LogP contribution in [0.25, 0.3) is 5.57 Å². The van der Waals surface area contributed by atoms with Gasteiger partial charge in [0.25, 0.3) is 0 Å². The van der Waals surface area contributed by atoms with Crippen LogP contribution >= 0.6 is 0 Å². The molecule has 0 bridgehead atoms. The number of imidazole rings is 1. The van der Waals surface area contributed by atoms with E-state index in [1.165, 1.54) is 5.57 Å². The lowest BCUT2D eigenvalue weighted by molar-refractivity contribution is 0.669. The van der Waals surface area contributed by atoms with Crippen LogP contribution in [0.4, 0.5) is 0 Å². The molecule has 3 nitrogen and oxygen atoms in total. The van der Waals surface area contributed by atoms with Gasteiger partial charge in [-0.1, -0.05) is 13.0 Å². The zero-order valence-corrected chi connectivity index (χ0v) is 9.95. The third kappa shape index (κ3) is 3.51. The van der Waals surface area contributed by atoms with Gasteiger partial charge in [-0.05, 0) is 38.9 Å². The molecule has 0 radical (unpaired) electrons. The monoisotopic (exact) mass is 207 g/mol. The number of hydrogen-bond acceptors (Lipinski definition) is 2. The normalized spacial score (nSPS) is 12.1. The summed E-state index contributed by atoms with van der Waals surface area (Å²) < 4.78 is 2.21. The van der Waals surface area contributed by atoms with E-state index in [9.17, 15) is 0 Å². The second-order valence-electron chi connectivity index (χ2n) is 3.72. The molecular formula is C12H21N3. The van der Waals surface area contributed by atoms with Crippen LogP contribution in [0.15, 0.2) is 18.5 Å². The highest BCUT2D eigenvalue weighted by atomic mass is 15.1. The van der Waals surface area contributed by atoms with Gasteiger partial charge in [-0.3, -0.25) is 0 Å². The van der Waals surface area contributed by atoms with Gasteiger partial charge >= 0.3 is 0 Å². The summed E-state index contributed by atoms with van der Waals surface area (Å²) in [6, 6.07) is 0. The van der Waals surface area contributed by atoms with Crippen molar-refractivity contribution in [3.05, 3.63) is 24.3 Å². The molecular weight excluding hydrogens is 186 g/mol. The molecule has 0 amide bonds. The molecule has 84 valence electrons.